The zero-order valence-electron chi connectivity index (χ0n) is 9.73. The van der Waals surface area contributed by atoms with Crippen molar-refractivity contribution >= 4 is 45.9 Å². The number of hydrogen-bond donors (Lipinski definition) is 1. The molecule has 1 N–H and O–H groups in total. The van der Waals surface area contributed by atoms with E-state index in [1.54, 1.807) is 11.3 Å². The number of nitro benzene ring substituents is 1. The van der Waals surface area contributed by atoms with Crippen LogP contribution >= 0.6 is 34.5 Å². The molecule has 0 unspecified atom stereocenters. The number of hydrogen-bond acceptors (Lipinski definition) is 4. The Bertz CT molecular complexity index is 564. The fourth-order valence-electron chi connectivity index (χ4n) is 1.60. The van der Waals surface area contributed by atoms with Gasteiger partial charge < -0.3 is 5.32 Å². The molecule has 0 amide bonds. The van der Waals surface area contributed by atoms with Crippen LogP contribution in [0.2, 0.25) is 10.0 Å². The summed E-state index contributed by atoms with van der Waals surface area (Å²) in [7, 11) is 0. The number of nitrogens with zero attached hydrogens (tertiary/aromatic N) is 1. The average Bonchev–Trinajstić information content (AvgIpc) is 2.85. The van der Waals surface area contributed by atoms with Crippen molar-refractivity contribution in [2.45, 2.75) is 6.42 Å². The van der Waals surface area contributed by atoms with Crippen LogP contribution in [0.4, 0.5) is 11.4 Å². The minimum absolute atomic E-state index is 0.112. The van der Waals surface area contributed by atoms with Crippen LogP contribution in [0, 0.1) is 10.1 Å². The Kier molecular flexibility index (Phi) is 4.63. The molecule has 4 nitrogen and oxygen atoms in total. The molecule has 0 aliphatic carbocycles. The molecule has 2 rings (SSSR count). The van der Waals surface area contributed by atoms with Crippen molar-refractivity contribution in [3.05, 3.63) is 54.7 Å². The van der Waals surface area contributed by atoms with Gasteiger partial charge in [-0.3, -0.25) is 10.1 Å². The van der Waals surface area contributed by atoms with E-state index in [9.17, 15) is 10.1 Å². The van der Waals surface area contributed by atoms with Crippen molar-refractivity contribution in [1.82, 2.24) is 0 Å². The van der Waals surface area contributed by atoms with Crippen molar-refractivity contribution in [1.29, 1.82) is 0 Å². The highest BCUT2D eigenvalue weighted by molar-refractivity contribution is 7.09. The van der Waals surface area contributed by atoms with Crippen molar-refractivity contribution in [2.24, 2.45) is 0 Å². The van der Waals surface area contributed by atoms with Crippen LogP contribution in [0.3, 0.4) is 0 Å². The second-order valence-electron chi connectivity index (χ2n) is 3.80. The first-order valence-electron chi connectivity index (χ1n) is 5.47. The predicted octanol–water partition coefficient (Wildman–Crippen LogP) is 4.62. The van der Waals surface area contributed by atoms with Gasteiger partial charge in [-0.1, -0.05) is 29.3 Å². The number of nitrogens with one attached hydrogen (secondary N) is 1. The average molecular weight is 317 g/mol. The lowest BCUT2D eigenvalue weighted by Crippen LogP contribution is -2.05. The molecule has 7 heteroatoms. The van der Waals surface area contributed by atoms with E-state index in [2.05, 4.69) is 5.32 Å². The lowest BCUT2D eigenvalue weighted by Gasteiger charge is -2.09. The Hall–Kier alpha value is -1.30. The first-order valence-corrected chi connectivity index (χ1v) is 7.11. The molecule has 0 atom stereocenters. The Morgan fingerprint density at radius 1 is 1.32 bits per heavy atom. The second kappa shape index (κ2) is 6.23. The maximum Gasteiger partial charge on any atom is 0.272 e. The Labute approximate surface area is 124 Å². The van der Waals surface area contributed by atoms with Crippen LogP contribution in [0.25, 0.3) is 0 Å². The van der Waals surface area contributed by atoms with Crippen LogP contribution < -0.4 is 5.32 Å². The third-order valence-electron chi connectivity index (χ3n) is 2.49. The highest BCUT2D eigenvalue weighted by Crippen LogP contribution is 2.34. The van der Waals surface area contributed by atoms with Crippen molar-refractivity contribution < 1.29 is 4.92 Å². The van der Waals surface area contributed by atoms with Crippen molar-refractivity contribution in [2.75, 3.05) is 11.9 Å². The summed E-state index contributed by atoms with van der Waals surface area (Å²) in [4.78, 5) is 11.4. The molecular formula is C12H10Cl2N2O2S. The lowest BCUT2D eigenvalue weighted by molar-refractivity contribution is -0.384. The third kappa shape index (κ3) is 3.59. The predicted molar refractivity (Wildman–Crippen MR) is 79.6 cm³/mol. The van der Waals surface area contributed by atoms with Crippen LogP contribution in [-0.2, 0) is 6.42 Å². The Morgan fingerprint density at radius 2 is 2.00 bits per heavy atom. The number of nitro groups is 1. The van der Waals surface area contributed by atoms with Crippen LogP contribution in [0.1, 0.15) is 4.88 Å². The van der Waals surface area contributed by atoms with Gasteiger partial charge in [-0.15, -0.1) is 11.3 Å². The molecule has 100 valence electrons. The molecule has 0 radical (unpaired) electrons. The fourth-order valence-corrected chi connectivity index (χ4v) is 2.92. The first-order chi connectivity index (χ1) is 9.08. The third-order valence-corrected chi connectivity index (χ3v) is 4.02. The summed E-state index contributed by atoms with van der Waals surface area (Å²) in [6, 6.07) is 6.62. The van der Waals surface area contributed by atoms with E-state index in [0.29, 0.717) is 12.2 Å². The molecule has 1 heterocycles. The molecule has 0 aliphatic rings. The summed E-state index contributed by atoms with van der Waals surface area (Å²) in [6.07, 6.45) is 0.849. The number of halogens is 2. The maximum atomic E-state index is 10.7. The molecule has 19 heavy (non-hydrogen) atoms. The maximum absolute atomic E-state index is 10.7. The summed E-state index contributed by atoms with van der Waals surface area (Å²) >= 11 is 13.7. The molecule has 0 aliphatic heterocycles. The van der Waals surface area contributed by atoms with Gasteiger partial charge in [0.15, 0.2) is 0 Å². The van der Waals surface area contributed by atoms with Gasteiger partial charge in [0, 0.05) is 23.6 Å². The second-order valence-corrected chi connectivity index (χ2v) is 5.64. The number of rotatable bonds is 5. The SMILES string of the molecule is O=[N+]([O-])c1cc(Cl)c(NCCc2cccs2)c(Cl)c1. The molecule has 1 aromatic heterocycles. The van der Waals surface area contributed by atoms with E-state index in [-0.39, 0.29) is 15.7 Å². The normalized spacial score (nSPS) is 10.4. The van der Waals surface area contributed by atoms with Gasteiger partial charge in [-0.25, -0.2) is 0 Å². The van der Waals surface area contributed by atoms with Gasteiger partial charge >= 0.3 is 0 Å². The fraction of sp³-hybridized carbons (Fsp3) is 0.167. The zero-order valence-corrected chi connectivity index (χ0v) is 12.1. The van der Waals surface area contributed by atoms with Crippen molar-refractivity contribution in [3.8, 4) is 0 Å². The van der Waals surface area contributed by atoms with Gasteiger partial charge in [-0.2, -0.15) is 0 Å². The molecule has 0 saturated carbocycles. The largest absolute Gasteiger partial charge is 0.382 e. The molecule has 0 fully saturated rings. The highest BCUT2D eigenvalue weighted by Gasteiger charge is 2.14. The quantitative estimate of drug-likeness (QED) is 0.647. The lowest BCUT2D eigenvalue weighted by atomic mass is 10.2. The summed E-state index contributed by atoms with van der Waals surface area (Å²) in [5.74, 6) is 0. The number of anilines is 1. The first kappa shape index (κ1) is 14.1. The van der Waals surface area contributed by atoms with E-state index in [0.717, 1.165) is 6.42 Å². The van der Waals surface area contributed by atoms with Gasteiger partial charge in [0.05, 0.1) is 20.7 Å². The summed E-state index contributed by atoms with van der Waals surface area (Å²) in [5, 5.41) is 16.3. The number of non-ortho nitro benzene ring substituents is 1. The van der Waals surface area contributed by atoms with Crippen LogP contribution in [-0.4, -0.2) is 11.5 Å². The van der Waals surface area contributed by atoms with E-state index in [4.69, 9.17) is 23.2 Å². The highest BCUT2D eigenvalue weighted by atomic mass is 35.5. The van der Waals surface area contributed by atoms with Crippen LogP contribution in [0.15, 0.2) is 29.6 Å². The molecule has 1 aromatic carbocycles. The molecule has 0 saturated heterocycles. The van der Waals surface area contributed by atoms with E-state index < -0.39 is 4.92 Å². The van der Waals surface area contributed by atoms with Crippen molar-refractivity contribution in [3.63, 3.8) is 0 Å². The molecule has 0 spiro atoms. The zero-order chi connectivity index (χ0) is 13.8. The molecule has 2 aromatic rings. The van der Waals surface area contributed by atoms with E-state index in [1.807, 2.05) is 17.5 Å². The monoisotopic (exact) mass is 316 g/mol. The number of thiophene rings is 1. The van der Waals surface area contributed by atoms with Gasteiger partial charge in [-0.05, 0) is 17.9 Å². The standard InChI is InChI=1S/C12H10Cl2N2O2S/c13-10-6-8(16(17)18)7-11(14)12(10)15-4-3-9-2-1-5-19-9/h1-2,5-7,15H,3-4H2. The smallest absolute Gasteiger partial charge is 0.272 e. The summed E-state index contributed by atoms with van der Waals surface area (Å²) in [5.41, 5.74) is 0.421. The Morgan fingerprint density at radius 3 is 2.53 bits per heavy atom. The summed E-state index contributed by atoms with van der Waals surface area (Å²) < 4.78 is 0. The number of benzene rings is 1. The van der Waals surface area contributed by atoms with Gasteiger partial charge in [0.2, 0.25) is 0 Å². The van der Waals surface area contributed by atoms with E-state index in [1.165, 1.54) is 17.0 Å². The van der Waals surface area contributed by atoms with Gasteiger partial charge in [0.25, 0.3) is 5.69 Å². The molecular weight excluding hydrogens is 307 g/mol. The minimum Gasteiger partial charge on any atom is -0.382 e. The van der Waals surface area contributed by atoms with Crippen LogP contribution in [0.5, 0.6) is 0 Å². The van der Waals surface area contributed by atoms with E-state index >= 15 is 0 Å². The van der Waals surface area contributed by atoms with Gasteiger partial charge in [0.1, 0.15) is 0 Å². The topological polar surface area (TPSA) is 55.2 Å². The Balaban J connectivity index is 2.06. The summed E-state index contributed by atoms with van der Waals surface area (Å²) in [6.45, 7) is 0.664. The minimum atomic E-state index is -0.521. The molecule has 0 bridgehead atoms.